The monoisotopic (exact) mass is 560 g/mol. The Bertz CT molecular complexity index is 1700. The maximum absolute atomic E-state index is 13.8. The van der Waals surface area contributed by atoms with Gasteiger partial charge in [-0.25, -0.2) is 9.79 Å². The van der Waals surface area contributed by atoms with Crippen molar-refractivity contribution in [3.8, 4) is 11.5 Å². The second kappa shape index (κ2) is 11.4. The molecule has 7 nitrogen and oxygen atoms in total. The van der Waals surface area contributed by atoms with Crippen LogP contribution >= 0.6 is 22.7 Å². The number of carbonyl (C=O) groups excluding carboxylic acids is 1. The van der Waals surface area contributed by atoms with E-state index in [1.165, 1.54) is 22.7 Å². The molecule has 1 atom stereocenters. The Morgan fingerprint density at radius 1 is 1.10 bits per heavy atom. The number of nitrogens with zero attached hydrogens (tertiary/aromatic N) is 2. The molecule has 4 aromatic rings. The predicted molar refractivity (Wildman–Crippen MR) is 153 cm³/mol. The summed E-state index contributed by atoms with van der Waals surface area (Å²) in [6, 6.07) is 18.7. The van der Waals surface area contributed by atoms with Crippen molar-refractivity contribution in [2.24, 2.45) is 4.99 Å². The fraction of sp³-hybridized carbons (Fsp3) is 0.233. The van der Waals surface area contributed by atoms with Crippen LogP contribution in [0.5, 0.6) is 11.5 Å². The van der Waals surface area contributed by atoms with E-state index in [1.54, 1.807) is 32.4 Å². The van der Waals surface area contributed by atoms with Crippen molar-refractivity contribution in [2.45, 2.75) is 39.5 Å². The van der Waals surface area contributed by atoms with Gasteiger partial charge in [0.2, 0.25) is 0 Å². The number of methoxy groups -OCH3 is 1. The molecule has 1 unspecified atom stereocenters. The van der Waals surface area contributed by atoms with Gasteiger partial charge in [0.05, 0.1) is 29.0 Å². The molecule has 0 aliphatic carbocycles. The van der Waals surface area contributed by atoms with Crippen molar-refractivity contribution >= 4 is 34.7 Å². The van der Waals surface area contributed by atoms with Gasteiger partial charge in [0, 0.05) is 4.88 Å². The van der Waals surface area contributed by atoms with Crippen LogP contribution in [-0.4, -0.2) is 23.8 Å². The SMILES string of the molecule is COc1cc(C=c2sc3n(c2=O)C(c2cccs2)C(C(=O)OC(C)C)=C(C)N=3)ccc1OCc1ccccc1. The summed E-state index contributed by atoms with van der Waals surface area (Å²) in [7, 11) is 1.59. The minimum absolute atomic E-state index is 0.220. The van der Waals surface area contributed by atoms with E-state index < -0.39 is 12.0 Å². The molecule has 2 aromatic heterocycles. The number of hydrogen-bond donors (Lipinski definition) is 0. The summed E-state index contributed by atoms with van der Waals surface area (Å²) in [4.78, 5) is 32.9. The standard InChI is InChI=1S/C30H28N2O5S2/c1-18(2)37-29(34)26-19(3)31-30-32(27(26)24-11-8-14-38-24)28(33)25(39-30)16-21-12-13-22(23(15-21)35-4)36-17-20-9-6-5-7-10-20/h5-16,18,27H,17H2,1-4H3. The molecule has 5 rings (SSSR count). The summed E-state index contributed by atoms with van der Waals surface area (Å²) in [5, 5.41) is 1.93. The number of thiazole rings is 1. The molecule has 0 saturated heterocycles. The molecule has 9 heteroatoms. The largest absolute Gasteiger partial charge is 0.493 e. The van der Waals surface area contributed by atoms with Crippen molar-refractivity contribution < 1.29 is 19.0 Å². The Balaban J connectivity index is 1.53. The molecule has 2 aromatic carbocycles. The highest BCUT2D eigenvalue weighted by atomic mass is 32.1. The summed E-state index contributed by atoms with van der Waals surface area (Å²) in [6.07, 6.45) is 1.52. The topological polar surface area (TPSA) is 79.1 Å². The maximum Gasteiger partial charge on any atom is 0.338 e. The normalized spacial score (nSPS) is 15.2. The van der Waals surface area contributed by atoms with Crippen molar-refractivity contribution in [3.63, 3.8) is 0 Å². The summed E-state index contributed by atoms with van der Waals surface area (Å²) >= 11 is 2.78. The van der Waals surface area contributed by atoms with Gasteiger partial charge in [-0.05, 0) is 61.6 Å². The van der Waals surface area contributed by atoms with E-state index in [4.69, 9.17) is 14.2 Å². The number of aromatic nitrogens is 1. The van der Waals surface area contributed by atoms with Gasteiger partial charge in [0.1, 0.15) is 12.6 Å². The second-order valence-electron chi connectivity index (χ2n) is 9.24. The van der Waals surface area contributed by atoms with E-state index in [-0.39, 0.29) is 11.7 Å². The van der Waals surface area contributed by atoms with Gasteiger partial charge in [-0.3, -0.25) is 9.36 Å². The molecule has 39 heavy (non-hydrogen) atoms. The molecular weight excluding hydrogens is 532 g/mol. The van der Waals surface area contributed by atoms with Gasteiger partial charge >= 0.3 is 5.97 Å². The van der Waals surface area contributed by atoms with E-state index in [9.17, 15) is 9.59 Å². The third-order valence-corrected chi connectivity index (χ3v) is 8.03. The number of carbonyl (C=O) groups is 1. The van der Waals surface area contributed by atoms with E-state index in [0.717, 1.165) is 16.0 Å². The predicted octanol–water partition coefficient (Wildman–Crippen LogP) is 4.84. The lowest BCUT2D eigenvalue weighted by Crippen LogP contribution is -2.39. The lowest BCUT2D eigenvalue weighted by molar-refractivity contribution is -0.143. The molecule has 0 N–H and O–H groups in total. The number of thiophene rings is 1. The molecule has 0 bridgehead atoms. The van der Waals surface area contributed by atoms with Crippen LogP contribution in [0, 0.1) is 0 Å². The quantitative estimate of drug-likeness (QED) is 0.288. The average Bonchev–Trinajstić information content (AvgIpc) is 3.55. The molecule has 0 fully saturated rings. The lowest BCUT2D eigenvalue weighted by atomic mass is 10.0. The molecule has 0 spiro atoms. The average molecular weight is 561 g/mol. The van der Waals surface area contributed by atoms with E-state index in [1.807, 2.05) is 72.1 Å². The van der Waals surface area contributed by atoms with Gasteiger partial charge in [0.15, 0.2) is 16.3 Å². The Kier molecular flexibility index (Phi) is 7.81. The van der Waals surface area contributed by atoms with Gasteiger partial charge in [0.25, 0.3) is 5.56 Å². The fourth-order valence-corrected chi connectivity index (χ4v) is 6.23. The maximum atomic E-state index is 13.8. The van der Waals surface area contributed by atoms with Crippen molar-refractivity contribution in [2.75, 3.05) is 7.11 Å². The van der Waals surface area contributed by atoms with Crippen LogP contribution in [0.2, 0.25) is 0 Å². The highest BCUT2D eigenvalue weighted by Gasteiger charge is 2.34. The number of benzene rings is 2. The smallest absolute Gasteiger partial charge is 0.338 e. The number of allylic oxidation sites excluding steroid dienone is 1. The fourth-order valence-electron chi connectivity index (χ4n) is 4.36. The summed E-state index contributed by atoms with van der Waals surface area (Å²) in [5.41, 5.74) is 2.55. The van der Waals surface area contributed by atoms with Gasteiger partial charge in [-0.1, -0.05) is 53.8 Å². The number of ether oxygens (including phenoxy) is 3. The first-order chi connectivity index (χ1) is 18.9. The Hall–Kier alpha value is -3.95. The number of esters is 1. The van der Waals surface area contributed by atoms with Crippen LogP contribution in [0.1, 0.15) is 42.8 Å². The third kappa shape index (κ3) is 5.60. The minimum Gasteiger partial charge on any atom is -0.493 e. The molecular formula is C30H28N2O5S2. The Labute approximate surface area is 234 Å². The molecule has 0 saturated carbocycles. The van der Waals surface area contributed by atoms with Gasteiger partial charge in [-0.2, -0.15) is 0 Å². The van der Waals surface area contributed by atoms with Crippen LogP contribution < -0.4 is 24.4 Å². The Morgan fingerprint density at radius 2 is 1.90 bits per heavy atom. The first-order valence-electron chi connectivity index (χ1n) is 12.5. The zero-order valence-corrected chi connectivity index (χ0v) is 23.7. The highest BCUT2D eigenvalue weighted by Crippen LogP contribution is 2.33. The van der Waals surface area contributed by atoms with E-state index in [0.29, 0.717) is 38.7 Å². The van der Waals surface area contributed by atoms with E-state index >= 15 is 0 Å². The first kappa shape index (κ1) is 26.6. The lowest BCUT2D eigenvalue weighted by Gasteiger charge is -2.24. The number of rotatable bonds is 8. The van der Waals surface area contributed by atoms with Crippen LogP contribution in [0.15, 0.2) is 87.1 Å². The van der Waals surface area contributed by atoms with Crippen LogP contribution in [0.4, 0.5) is 0 Å². The van der Waals surface area contributed by atoms with Gasteiger partial charge in [-0.15, -0.1) is 11.3 Å². The van der Waals surface area contributed by atoms with Gasteiger partial charge < -0.3 is 14.2 Å². The third-order valence-electron chi connectivity index (χ3n) is 6.12. The molecule has 3 heterocycles. The zero-order valence-electron chi connectivity index (χ0n) is 22.0. The Morgan fingerprint density at radius 3 is 2.59 bits per heavy atom. The minimum atomic E-state index is -0.599. The molecule has 0 amide bonds. The number of hydrogen-bond acceptors (Lipinski definition) is 8. The highest BCUT2D eigenvalue weighted by molar-refractivity contribution is 7.10. The molecule has 1 aliphatic heterocycles. The molecule has 1 aliphatic rings. The molecule has 200 valence electrons. The van der Waals surface area contributed by atoms with Crippen molar-refractivity contribution in [3.05, 3.63) is 113 Å². The summed E-state index contributed by atoms with van der Waals surface area (Å²) in [6.45, 7) is 5.80. The molecule has 0 radical (unpaired) electrons. The summed E-state index contributed by atoms with van der Waals surface area (Å²) < 4.78 is 19.2. The zero-order chi connectivity index (χ0) is 27.5. The number of fused-ring (bicyclic) bond motifs is 1. The van der Waals surface area contributed by atoms with E-state index in [2.05, 4.69) is 4.99 Å². The summed E-state index contributed by atoms with van der Waals surface area (Å²) in [5.74, 6) is 0.717. The van der Waals surface area contributed by atoms with Crippen molar-refractivity contribution in [1.29, 1.82) is 0 Å². The van der Waals surface area contributed by atoms with Crippen LogP contribution in [-0.2, 0) is 16.1 Å². The van der Waals surface area contributed by atoms with Crippen molar-refractivity contribution in [1.82, 2.24) is 4.57 Å². The first-order valence-corrected chi connectivity index (χ1v) is 14.2. The van der Waals surface area contributed by atoms with Crippen LogP contribution in [0.3, 0.4) is 0 Å². The van der Waals surface area contributed by atoms with Crippen LogP contribution in [0.25, 0.3) is 6.08 Å². The second-order valence-corrected chi connectivity index (χ2v) is 11.2.